The molecule has 0 saturated carbocycles. The van der Waals surface area contributed by atoms with Gasteiger partial charge < -0.3 is 30.6 Å². The van der Waals surface area contributed by atoms with Crippen LogP contribution in [0, 0.1) is 0 Å². The molecule has 0 aliphatic rings. The summed E-state index contributed by atoms with van der Waals surface area (Å²) in [6, 6.07) is 0. The van der Waals surface area contributed by atoms with E-state index in [9.17, 15) is 30.6 Å². The van der Waals surface area contributed by atoms with E-state index in [1.165, 1.54) is 231 Å². The second kappa shape index (κ2) is 101. The molecular weight excluding hydrogens is 871 g/mol. The molecule has 0 amide bonds. The van der Waals surface area contributed by atoms with Crippen LogP contribution in [0.3, 0.4) is 0 Å². The van der Waals surface area contributed by atoms with Gasteiger partial charge >= 0.3 is 34.7 Å². The Bertz CT molecular complexity index is 476. The predicted molar refractivity (Wildman–Crippen MR) is 296 cm³/mol. The van der Waals surface area contributed by atoms with Crippen molar-refractivity contribution in [1.82, 2.24) is 0 Å². The molecule has 68 heavy (non-hydrogen) atoms. The second-order valence-corrected chi connectivity index (χ2v) is 19.1. The molecule has 6 nitrogen and oxygen atoms in total. The Morgan fingerprint density at radius 2 is 0.206 bits per heavy atom. The largest absolute Gasteiger partial charge is 3.00 e. The first-order valence-electron chi connectivity index (χ1n) is 30.0. The average molecular weight is 998 g/mol. The van der Waals surface area contributed by atoms with Crippen LogP contribution in [0.25, 0.3) is 0 Å². The van der Waals surface area contributed by atoms with Gasteiger partial charge in [-0.3, -0.25) is 0 Å². The number of rotatable bonds is 48. The zero-order valence-corrected chi connectivity index (χ0v) is 50.1. The molecule has 0 aliphatic carbocycles. The minimum atomic E-state index is 0. The van der Waals surface area contributed by atoms with Crippen LogP contribution in [0.4, 0.5) is 0 Å². The molecule has 0 aromatic carbocycles. The van der Waals surface area contributed by atoms with Crippen molar-refractivity contribution in [3.8, 4) is 0 Å². The van der Waals surface area contributed by atoms with Crippen molar-refractivity contribution in [3.05, 3.63) is 0 Å². The van der Waals surface area contributed by atoms with Crippen LogP contribution >= 0.6 is 0 Å². The Morgan fingerprint density at radius 3 is 0.279 bits per heavy atom. The molecule has 0 unspecified atom stereocenters. The van der Waals surface area contributed by atoms with Crippen LogP contribution in [0.2, 0.25) is 0 Å². The standard InChI is InChI=1S/6C10H21O.2Al/c6*1-2-3-4-5-6-7-8-9-10-11;;/h6*2-10H2,1H3;;/q6*-1;2*+3. The molecule has 0 N–H and O–H groups in total. The molecule has 0 heterocycles. The molecular formula is C60H126Al2O6. The molecule has 0 saturated heterocycles. The summed E-state index contributed by atoms with van der Waals surface area (Å²) in [6.07, 6.45) is 60.5. The Balaban J connectivity index is -0.000000105. The molecule has 408 valence electrons. The van der Waals surface area contributed by atoms with E-state index in [0.29, 0.717) is 0 Å². The summed E-state index contributed by atoms with van der Waals surface area (Å²) >= 11 is 0. The molecule has 0 aliphatic heterocycles. The van der Waals surface area contributed by atoms with Gasteiger partial charge in [-0.15, -0.1) is 39.6 Å². The van der Waals surface area contributed by atoms with Crippen LogP contribution in [-0.2, 0) is 0 Å². The van der Waals surface area contributed by atoms with E-state index in [4.69, 9.17) is 0 Å². The molecule has 0 atom stereocenters. The minimum absolute atomic E-state index is 0. The van der Waals surface area contributed by atoms with Gasteiger partial charge in [0, 0.05) is 0 Å². The van der Waals surface area contributed by atoms with Gasteiger partial charge in [-0.25, -0.2) is 0 Å². The van der Waals surface area contributed by atoms with Crippen molar-refractivity contribution in [3.63, 3.8) is 0 Å². The fourth-order valence-corrected chi connectivity index (χ4v) is 7.42. The van der Waals surface area contributed by atoms with Gasteiger partial charge in [-0.1, -0.05) is 350 Å². The topological polar surface area (TPSA) is 138 Å². The van der Waals surface area contributed by atoms with E-state index in [1.54, 1.807) is 0 Å². The van der Waals surface area contributed by atoms with Gasteiger partial charge in [0.15, 0.2) is 0 Å². The van der Waals surface area contributed by atoms with Gasteiger partial charge in [-0.2, -0.15) is 0 Å². The maximum absolute atomic E-state index is 10.1. The minimum Gasteiger partial charge on any atom is -0.854 e. The average Bonchev–Trinajstić information content (AvgIpc) is 3.33. The predicted octanol–water partition coefficient (Wildman–Crippen LogP) is 14.2. The van der Waals surface area contributed by atoms with Crippen molar-refractivity contribution in [1.29, 1.82) is 0 Å². The van der Waals surface area contributed by atoms with Crippen LogP contribution in [0.15, 0.2) is 0 Å². The summed E-state index contributed by atoms with van der Waals surface area (Å²) in [4.78, 5) is 0. The summed E-state index contributed by atoms with van der Waals surface area (Å²) in [5.74, 6) is 0. The van der Waals surface area contributed by atoms with Crippen molar-refractivity contribution in [2.75, 3.05) is 39.6 Å². The summed E-state index contributed by atoms with van der Waals surface area (Å²) in [5, 5.41) is 60.4. The Hall–Kier alpha value is 0.825. The normalized spacial score (nSPS) is 10.1. The molecule has 0 rings (SSSR count). The maximum atomic E-state index is 10.1. The van der Waals surface area contributed by atoms with Crippen molar-refractivity contribution < 1.29 is 30.6 Å². The second-order valence-electron chi connectivity index (χ2n) is 19.1. The number of hydrogen-bond donors (Lipinski definition) is 0. The summed E-state index contributed by atoms with van der Waals surface area (Å²) in [6.45, 7) is 14.1. The van der Waals surface area contributed by atoms with Gasteiger partial charge in [0.25, 0.3) is 0 Å². The van der Waals surface area contributed by atoms with Crippen molar-refractivity contribution in [2.45, 2.75) is 350 Å². The fourth-order valence-electron chi connectivity index (χ4n) is 7.42. The monoisotopic (exact) mass is 997 g/mol. The van der Waals surface area contributed by atoms with Crippen LogP contribution in [0.1, 0.15) is 350 Å². The van der Waals surface area contributed by atoms with Crippen molar-refractivity contribution >= 4 is 34.7 Å². The maximum Gasteiger partial charge on any atom is 3.00 e. The first-order valence-corrected chi connectivity index (χ1v) is 30.0. The molecule has 0 aromatic heterocycles. The third-order valence-electron chi connectivity index (χ3n) is 12.0. The molecule has 0 aromatic rings. The van der Waals surface area contributed by atoms with E-state index < -0.39 is 0 Å². The smallest absolute Gasteiger partial charge is 0.854 e. The Kier molecular flexibility index (Phi) is 127. The van der Waals surface area contributed by atoms with Gasteiger partial charge in [0.2, 0.25) is 0 Å². The Labute approximate surface area is 452 Å². The van der Waals surface area contributed by atoms with Crippen molar-refractivity contribution in [2.24, 2.45) is 0 Å². The van der Waals surface area contributed by atoms with Crippen LogP contribution in [-0.4, -0.2) is 74.4 Å². The summed E-state index contributed by atoms with van der Waals surface area (Å²) in [5.41, 5.74) is 0. The summed E-state index contributed by atoms with van der Waals surface area (Å²) in [7, 11) is 0. The number of unbranched alkanes of at least 4 members (excludes halogenated alkanes) is 42. The van der Waals surface area contributed by atoms with E-state index >= 15 is 0 Å². The van der Waals surface area contributed by atoms with E-state index in [-0.39, 0.29) is 74.4 Å². The third-order valence-corrected chi connectivity index (χ3v) is 12.0. The van der Waals surface area contributed by atoms with E-state index in [0.717, 1.165) is 77.0 Å². The first-order chi connectivity index (χ1) is 32.5. The molecule has 0 fully saturated rings. The van der Waals surface area contributed by atoms with Gasteiger partial charge in [-0.05, 0) is 0 Å². The molecule has 0 radical (unpaired) electrons. The van der Waals surface area contributed by atoms with E-state index in [1.807, 2.05) is 0 Å². The van der Waals surface area contributed by atoms with Gasteiger partial charge in [0.1, 0.15) is 0 Å². The fraction of sp³-hybridized carbons (Fsp3) is 1.00. The van der Waals surface area contributed by atoms with Crippen LogP contribution in [0.5, 0.6) is 0 Å². The Morgan fingerprint density at radius 1 is 0.132 bits per heavy atom. The molecule has 0 bridgehead atoms. The SMILES string of the molecule is CCCCCCCCCC[O-].CCCCCCCCCC[O-].CCCCCCCCCC[O-].CCCCCCCCCC[O-].CCCCCCCCCC[O-].CCCCCCCCCC[O-].[Al+3].[Al+3]. The number of hydrogen-bond acceptors (Lipinski definition) is 6. The summed E-state index contributed by atoms with van der Waals surface area (Å²) < 4.78 is 0. The zero-order chi connectivity index (χ0) is 50.2. The molecule has 8 heteroatoms. The van der Waals surface area contributed by atoms with E-state index in [2.05, 4.69) is 41.5 Å². The third kappa shape index (κ3) is 121. The quantitative estimate of drug-likeness (QED) is 0.0439. The molecule has 0 spiro atoms. The van der Waals surface area contributed by atoms with Gasteiger partial charge in [0.05, 0.1) is 0 Å². The van der Waals surface area contributed by atoms with Crippen LogP contribution < -0.4 is 30.6 Å². The first kappa shape index (κ1) is 85.6. The zero-order valence-electron chi connectivity index (χ0n) is 47.8.